The van der Waals surface area contributed by atoms with Crippen molar-refractivity contribution in [3.8, 4) is 5.88 Å². The van der Waals surface area contributed by atoms with Crippen LogP contribution in [0.2, 0.25) is 0 Å². The molecule has 0 aliphatic carbocycles. The standard InChI is InChI=1S/C11H13NO3S/c1-6-8-5-16-4-3-7(8)9(11(13)14)10(12-6)15-2/h3-5H2,1-2H3,(H,13,14). The van der Waals surface area contributed by atoms with Gasteiger partial charge >= 0.3 is 5.97 Å². The van der Waals surface area contributed by atoms with Crippen molar-refractivity contribution in [2.75, 3.05) is 12.9 Å². The van der Waals surface area contributed by atoms with Crippen LogP contribution in [0.5, 0.6) is 5.88 Å². The number of carboxylic acids is 1. The average Bonchev–Trinajstić information content (AvgIpc) is 2.28. The van der Waals surface area contributed by atoms with Crippen LogP contribution in [0.25, 0.3) is 0 Å². The van der Waals surface area contributed by atoms with Crippen LogP contribution in [-0.4, -0.2) is 28.9 Å². The van der Waals surface area contributed by atoms with Gasteiger partial charge in [-0.3, -0.25) is 0 Å². The first kappa shape index (κ1) is 11.3. The number of nitrogens with zero attached hydrogens (tertiary/aromatic N) is 1. The number of aromatic carboxylic acids is 1. The zero-order valence-corrected chi connectivity index (χ0v) is 10.1. The monoisotopic (exact) mass is 239 g/mol. The van der Waals surface area contributed by atoms with Gasteiger partial charge in [0.2, 0.25) is 5.88 Å². The van der Waals surface area contributed by atoms with Crippen LogP contribution < -0.4 is 4.74 Å². The third kappa shape index (κ3) is 1.75. The summed E-state index contributed by atoms with van der Waals surface area (Å²) < 4.78 is 5.05. The summed E-state index contributed by atoms with van der Waals surface area (Å²) in [6.45, 7) is 1.90. The van der Waals surface area contributed by atoms with Crippen molar-refractivity contribution in [3.63, 3.8) is 0 Å². The Kier molecular flexibility index (Phi) is 3.05. The SMILES string of the molecule is COc1nc(C)c2c(c1C(=O)O)CCSC2. The number of ether oxygens (including phenoxy) is 1. The van der Waals surface area contributed by atoms with Gasteiger partial charge in [-0.1, -0.05) is 0 Å². The lowest BCUT2D eigenvalue weighted by Gasteiger charge is -2.20. The summed E-state index contributed by atoms with van der Waals surface area (Å²) in [7, 11) is 1.46. The van der Waals surface area contributed by atoms with Crippen LogP contribution in [0.1, 0.15) is 27.2 Å². The molecule has 0 atom stereocenters. The molecule has 0 saturated carbocycles. The fourth-order valence-electron chi connectivity index (χ4n) is 1.96. The Morgan fingerprint density at radius 2 is 2.25 bits per heavy atom. The van der Waals surface area contributed by atoms with Gasteiger partial charge in [0, 0.05) is 11.4 Å². The van der Waals surface area contributed by atoms with Gasteiger partial charge < -0.3 is 9.84 Å². The molecule has 86 valence electrons. The molecule has 1 aromatic heterocycles. The molecule has 1 aromatic rings. The van der Waals surface area contributed by atoms with Crippen LogP contribution in [0.4, 0.5) is 0 Å². The van der Waals surface area contributed by atoms with Crippen LogP contribution >= 0.6 is 11.8 Å². The van der Waals surface area contributed by atoms with Crippen molar-refractivity contribution in [2.45, 2.75) is 19.1 Å². The van der Waals surface area contributed by atoms with E-state index in [1.807, 2.05) is 18.7 Å². The Bertz CT molecular complexity index is 445. The van der Waals surface area contributed by atoms with E-state index in [9.17, 15) is 9.90 Å². The minimum absolute atomic E-state index is 0.232. The third-order valence-electron chi connectivity index (χ3n) is 2.74. The van der Waals surface area contributed by atoms with E-state index in [1.54, 1.807) is 0 Å². The van der Waals surface area contributed by atoms with Gasteiger partial charge in [-0.2, -0.15) is 11.8 Å². The van der Waals surface area contributed by atoms with Gasteiger partial charge in [-0.05, 0) is 30.2 Å². The second-order valence-electron chi connectivity index (χ2n) is 3.65. The molecule has 1 aliphatic heterocycles. The number of hydrogen-bond donors (Lipinski definition) is 1. The first-order chi connectivity index (χ1) is 7.65. The Balaban J connectivity index is 2.68. The fourth-order valence-corrected chi connectivity index (χ4v) is 3.04. The number of methoxy groups -OCH3 is 1. The van der Waals surface area contributed by atoms with E-state index < -0.39 is 5.97 Å². The second-order valence-corrected chi connectivity index (χ2v) is 4.75. The molecule has 0 fully saturated rings. The molecule has 16 heavy (non-hydrogen) atoms. The number of carboxylic acid groups (broad SMARTS) is 1. The zero-order chi connectivity index (χ0) is 11.7. The van der Waals surface area contributed by atoms with Crippen molar-refractivity contribution in [1.29, 1.82) is 0 Å². The Morgan fingerprint density at radius 3 is 2.88 bits per heavy atom. The van der Waals surface area contributed by atoms with E-state index in [1.165, 1.54) is 7.11 Å². The molecule has 0 radical (unpaired) electrons. The number of fused-ring (bicyclic) bond motifs is 1. The molecule has 1 N–H and O–H groups in total. The minimum Gasteiger partial charge on any atom is -0.480 e. The van der Waals surface area contributed by atoms with E-state index >= 15 is 0 Å². The molecule has 0 bridgehead atoms. The largest absolute Gasteiger partial charge is 0.480 e. The van der Waals surface area contributed by atoms with Crippen molar-refractivity contribution in [1.82, 2.24) is 4.98 Å². The maximum absolute atomic E-state index is 11.2. The van der Waals surface area contributed by atoms with Crippen LogP contribution in [0, 0.1) is 6.92 Å². The van der Waals surface area contributed by atoms with Gasteiger partial charge in [-0.15, -0.1) is 0 Å². The van der Waals surface area contributed by atoms with Crippen molar-refractivity contribution in [3.05, 3.63) is 22.4 Å². The second kappa shape index (κ2) is 4.33. The molecule has 0 spiro atoms. The topological polar surface area (TPSA) is 59.4 Å². The van der Waals surface area contributed by atoms with Crippen LogP contribution in [0.15, 0.2) is 0 Å². The van der Waals surface area contributed by atoms with Crippen LogP contribution in [-0.2, 0) is 12.2 Å². The number of carbonyl (C=O) groups is 1. The summed E-state index contributed by atoms with van der Waals surface area (Å²) in [6.07, 6.45) is 0.779. The molecule has 5 heteroatoms. The smallest absolute Gasteiger partial charge is 0.341 e. The van der Waals surface area contributed by atoms with E-state index in [-0.39, 0.29) is 11.4 Å². The predicted octanol–water partition coefficient (Wildman–Crippen LogP) is 1.89. The summed E-state index contributed by atoms with van der Waals surface area (Å²) in [6, 6.07) is 0. The molecule has 0 amide bonds. The molecular formula is C11H13NO3S. The van der Waals surface area contributed by atoms with Crippen molar-refractivity contribution >= 4 is 17.7 Å². The van der Waals surface area contributed by atoms with E-state index in [2.05, 4.69) is 4.98 Å². The molecule has 0 saturated heterocycles. The summed E-state index contributed by atoms with van der Waals surface area (Å²) in [4.78, 5) is 15.4. The Labute approximate surface area is 98.0 Å². The molecule has 4 nitrogen and oxygen atoms in total. The van der Waals surface area contributed by atoms with Gasteiger partial charge in [0.15, 0.2) is 0 Å². The quantitative estimate of drug-likeness (QED) is 0.854. The number of pyridine rings is 1. The summed E-state index contributed by atoms with van der Waals surface area (Å²) in [5, 5.41) is 9.22. The van der Waals surface area contributed by atoms with Crippen LogP contribution in [0.3, 0.4) is 0 Å². The molecule has 2 rings (SSSR count). The summed E-state index contributed by atoms with van der Waals surface area (Å²) >= 11 is 1.81. The highest BCUT2D eigenvalue weighted by atomic mass is 32.2. The first-order valence-electron chi connectivity index (χ1n) is 5.02. The van der Waals surface area contributed by atoms with Gasteiger partial charge in [-0.25, -0.2) is 9.78 Å². The highest BCUT2D eigenvalue weighted by Crippen LogP contribution is 2.33. The van der Waals surface area contributed by atoms with E-state index in [0.717, 1.165) is 34.7 Å². The molecule has 0 unspecified atom stereocenters. The van der Waals surface area contributed by atoms with Crippen molar-refractivity contribution in [2.24, 2.45) is 0 Å². The maximum atomic E-state index is 11.2. The molecular weight excluding hydrogens is 226 g/mol. The van der Waals surface area contributed by atoms with Gasteiger partial charge in [0.05, 0.1) is 7.11 Å². The first-order valence-corrected chi connectivity index (χ1v) is 6.18. The number of rotatable bonds is 2. The molecule has 0 aromatic carbocycles. The third-order valence-corrected chi connectivity index (χ3v) is 3.72. The van der Waals surface area contributed by atoms with Gasteiger partial charge in [0.1, 0.15) is 5.56 Å². The summed E-state index contributed by atoms with van der Waals surface area (Å²) in [5.74, 6) is 1.08. The highest BCUT2D eigenvalue weighted by Gasteiger charge is 2.25. The molecule has 2 heterocycles. The fraction of sp³-hybridized carbons (Fsp3) is 0.455. The minimum atomic E-state index is -0.951. The number of hydrogen-bond acceptors (Lipinski definition) is 4. The Morgan fingerprint density at radius 1 is 1.50 bits per heavy atom. The number of aryl methyl sites for hydroxylation is 1. The number of aromatic nitrogens is 1. The highest BCUT2D eigenvalue weighted by molar-refractivity contribution is 7.98. The zero-order valence-electron chi connectivity index (χ0n) is 9.24. The lowest BCUT2D eigenvalue weighted by atomic mass is 9.99. The van der Waals surface area contributed by atoms with E-state index in [0.29, 0.717) is 0 Å². The lowest BCUT2D eigenvalue weighted by Crippen LogP contribution is -2.15. The maximum Gasteiger partial charge on any atom is 0.341 e. The molecule has 1 aliphatic rings. The van der Waals surface area contributed by atoms with Gasteiger partial charge in [0.25, 0.3) is 0 Å². The number of thioether (sulfide) groups is 1. The normalized spacial score (nSPS) is 14.4. The Hall–Kier alpha value is -1.23. The average molecular weight is 239 g/mol. The predicted molar refractivity (Wildman–Crippen MR) is 62.4 cm³/mol. The summed E-state index contributed by atoms with van der Waals surface area (Å²) in [5.41, 5.74) is 3.08. The lowest BCUT2D eigenvalue weighted by molar-refractivity contribution is 0.0691. The van der Waals surface area contributed by atoms with Crippen molar-refractivity contribution < 1.29 is 14.6 Å². The van der Waals surface area contributed by atoms with E-state index in [4.69, 9.17) is 4.74 Å².